The summed E-state index contributed by atoms with van der Waals surface area (Å²) in [5.41, 5.74) is 2.17. The third-order valence-corrected chi connectivity index (χ3v) is 5.75. The topological polar surface area (TPSA) is 59.9 Å². The van der Waals surface area contributed by atoms with Crippen molar-refractivity contribution >= 4 is 23.2 Å². The highest BCUT2D eigenvalue weighted by atomic mass is 35.5. The van der Waals surface area contributed by atoms with Crippen LogP contribution in [0.2, 0.25) is 5.02 Å². The van der Waals surface area contributed by atoms with E-state index in [1.165, 1.54) is 37.8 Å². The normalized spacial score (nSPS) is 24.7. The lowest BCUT2D eigenvalue weighted by Crippen LogP contribution is -2.41. The van der Waals surface area contributed by atoms with E-state index in [0.29, 0.717) is 5.92 Å². The first-order chi connectivity index (χ1) is 13.1. The molecule has 1 unspecified atom stereocenters. The van der Waals surface area contributed by atoms with Crippen molar-refractivity contribution in [3.8, 4) is 5.75 Å². The number of hydrogen-bond acceptors (Lipinski definition) is 4. The van der Waals surface area contributed by atoms with Crippen LogP contribution in [0, 0.1) is 11.7 Å². The molecule has 0 spiro atoms. The average Bonchev–Trinajstić information content (AvgIpc) is 3.30. The number of halogens is 2. The quantitative estimate of drug-likeness (QED) is 0.795. The van der Waals surface area contributed by atoms with Gasteiger partial charge in [0.1, 0.15) is 17.7 Å². The third kappa shape index (κ3) is 4.26. The van der Waals surface area contributed by atoms with Gasteiger partial charge in [0.05, 0.1) is 16.8 Å². The van der Waals surface area contributed by atoms with Crippen LogP contribution in [0.3, 0.4) is 0 Å². The summed E-state index contributed by atoms with van der Waals surface area (Å²) in [4.78, 5) is 17.6. The maximum absolute atomic E-state index is 13.4. The third-order valence-electron chi connectivity index (χ3n) is 5.44. The molecule has 5 nitrogen and oxygen atoms in total. The zero-order valence-electron chi connectivity index (χ0n) is 14.9. The number of benzene rings is 1. The Balaban J connectivity index is 1.21. The predicted molar refractivity (Wildman–Crippen MR) is 100 cm³/mol. The largest absolute Gasteiger partial charge is 0.484 e. The minimum absolute atomic E-state index is 0.0212. The second kappa shape index (κ2) is 7.89. The number of nitrogens with one attached hydrogen (secondary N) is 1. The summed E-state index contributed by atoms with van der Waals surface area (Å²) in [7, 11) is 0. The van der Waals surface area contributed by atoms with Crippen LogP contribution in [0.1, 0.15) is 38.5 Å². The van der Waals surface area contributed by atoms with Crippen molar-refractivity contribution in [2.45, 2.75) is 50.7 Å². The number of carbonyl (C=O) groups is 1. The van der Waals surface area contributed by atoms with Gasteiger partial charge in [0.2, 0.25) is 0 Å². The molecule has 1 N–H and O–H groups in total. The SMILES string of the molecule is O=C(COc1ccc(Cl)c(F)c1)NC1C=C(C2=NO[C@H](C3CCCC3)C2)C1. The van der Waals surface area contributed by atoms with Crippen molar-refractivity contribution < 1.29 is 18.8 Å². The Morgan fingerprint density at radius 1 is 1.33 bits per heavy atom. The monoisotopic (exact) mass is 392 g/mol. The highest BCUT2D eigenvalue weighted by Gasteiger charge is 2.35. The molecule has 1 amide bonds. The van der Waals surface area contributed by atoms with Gasteiger partial charge in [-0.15, -0.1) is 0 Å². The first kappa shape index (κ1) is 18.3. The second-order valence-corrected chi connectivity index (χ2v) is 7.77. The second-order valence-electron chi connectivity index (χ2n) is 7.37. The Bertz CT molecular complexity index is 789. The van der Waals surface area contributed by atoms with Gasteiger partial charge in [0, 0.05) is 12.5 Å². The van der Waals surface area contributed by atoms with E-state index in [4.69, 9.17) is 21.2 Å². The lowest BCUT2D eigenvalue weighted by atomic mass is 9.85. The van der Waals surface area contributed by atoms with Gasteiger partial charge in [-0.3, -0.25) is 4.79 Å². The molecule has 1 aromatic rings. The average molecular weight is 393 g/mol. The van der Waals surface area contributed by atoms with Gasteiger partial charge in [0.25, 0.3) is 5.91 Å². The Morgan fingerprint density at radius 3 is 2.85 bits per heavy atom. The van der Waals surface area contributed by atoms with Crippen molar-refractivity contribution in [1.29, 1.82) is 0 Å². The number of amides is 1. The lowest BCUT2D eigenvalue weighted by molar-refractivity contribution is -0.123. The summed E-state index contributed by atoms with van der Waals surface area (Å²) >= 11 is 5.62. The van der Waals surface area contributed by atoms with E-state index in [9.17, 15) is 9.18 Å². The molecule has 1 aromatic carbocycles. The highest BCUT2D eigenvalue weighted by Crippen LogP contribution is 2.35. The Kier molecular flexibility index (Phi) is 5.34. The van der Waals surface area contributed by atoms with Crippen molar-refractivity contribution in [2.75, 3.05) is 6.61 Å². The fraction of sp³-hybridized carbons (Fsp3) is 0.500. The van der Waals surface area contributed by atoms with Gasteiger partial charge in [-0.25, -0.2) is 4.39 Å². The minimum Gasteiger partial charge on any atom is -0.484 e. The molecule has 1 aliphatic heterocycles. The molecule has 2 aliphatic carbocycles. The van der Waals surface area contributed by atoms with E-state index in [1.54, 1.807) is 0 Å². The molecule has 27 heavy (non-hydrogen) atoms. The fourth-order valence-electron chi connectivity index (χ4n) is 3.88. The van der Waals surface area contributed by atoms with Crippen LogP contribution in [-0.4, -0.2) is 30.4 Å². The standard InChI is InChI=1S/C20H22ClFN2O3/c21-16-6-5-15(9-17(16)22)26-11-20(25)23-14-7-13(8-14)18-10-19(27-24-18)12-3-1-2-4-12/h5-7,9,12,14,19H,1-4,8,10-11H2,(H,23,25)/t14?,19-/m0/s1. The Morgan fingerprint density at radius 2 is 2.11 bits per heavy atom. The smallest absolute Gasteiger partial charge is 0.258 e. The maximum Gasteiger partial charge on any atom is 0.258 e. The van der Waals surface area contributed by atoms with Crippen molar-refractivity contribution in [3.63, 3.8) is 0 Å². The molecular weight excluding hydrogens is 371 g/mol. The molecule has 144 valence electrons. The zero-order chi connectivity index (χ0) is 18.8. The number of ether oxygens (including phenoxy) is 1. The molecule has 0 saturated heterocycles. The molecule has 0 bridgehead atoms. The summed E-state index contributed by atoms with van der Waals surface area (Å²) in [6.45, 7) is -0.172. The van der Waals surface area contributed by atoms with E-state index in [-0.39, 0.29) is 35.4 Å². The number of oxime groups is 1. The molecule has 4 rings (SSSR count). The van der Waals surface area contributed by atoms with Crippen LogP contribution in [0.5, 0.6) is 5.75 Å². The maximum atomic E-state index is 13.4. The van der Waals surface area contributed by atoms with Crippen LogP contribution in [0.4, 0.5) is 4.39 Å². The first-order valence-corrected chi connectivity index (χ1v) is 9.77. The molecule has 1 saturated carbocycles. The predicted octanol–water partition coefficient (Wildman–Crippen LogP) is 4.01. The summed E-state index contributed by atoms with van der Waals surface area (Å²) in [5, 5.41) is 7.15. The molecule has 0 aromatic heterocycles. The first-order valence-electron chi connectivity index (χ1n) is 9.39. The van der Waals surface area contributed by atoms with Gasteiger partial charge in [-0.2, -0.15) is 0 Å². The number of carbonyl (C=O) groups excluding carboxylic acids is 1. The number of hydrogen-bond donors (Lipinski definition) is 1. The van der Waals surface area contributed by atoms with E-state index >= 15 is 0 Å². The van der Waals surface area contributed by atoms with Crippen LogP contribution < -0.4 is 10.1 Å². The zero-order valence-corrected chi connectivity index (χ0v) is 15.7. The van der Waals surface area contributed by atoms with E-state index in [2.05, 4.69) is 10.5 Å². The summed E-state index contributed by atoms with van der Waals surface area (Å²) in [6.07, 6.45) is 8.93. The molecule has 1 heterocycles. The molecule has 0 radical (unpaired) electrons. The van der Waals surface area contributed by atoms with E-state index < -0.39 is 5.82 Å². The molecule has 3 aliphatic rings. The number of nitrogens with zero attached hydrogens (tertiary/aromatic N) is 1. The Labute approximate surface area is 162 Å². The van der Waals surface area contributed by atoms with Gasteiger partial charge < -0.3 is 14.9 Å². The van der Waals surface area contributed by atoms with E-state index in [0.717, 1.165) is 30.2 Å². The van der Waals surface area contributed by atoms with Gasteiger partial charge >= 0.3 is 0 Å². The highest BCUT2D eigenvalue weighted by molar-refractivity contribution is 6.30. The summed E-state index contributed by atoms with van der Waals surface area (Å²) in [5.74, 6) is 0.0836. The van der Waals surface area contributed by atoms with E-state index in [1.807, 2.05) is 6.08 Å². The lowest BCUT2D eigenvalue weighted by Gasteiger charge is -2.26. The molecule has 7 heteroatoms. The molecule has 1 fully saturated rings. The number of rotatable bonds is 6. The van der Waals surface area contributed by atoms with Gasteiger partial charge in [-0.05, 0) is 42.9 Å². The Hall–Kier alpha value is -2.08. The molecule has 2 atom stereocenters. The minimum atomic E-state index is -0.573. The van der Waals surface area contributed by atoms with Crippen molar-refractivity contribution in [1.82, 2.24) is 5.32 Å². The van der Waals surface area contributed by atoms with Gasteiger partial charge in [0.15, 0.2) is 6.61 Å². The van der Waals surface area contributed by atoms with Crippen molar-refractivity contribution in [3.05, 3.63) is 40.7 Å². The van der Waals surface area contributed by atoms with Crippen LogP contribution >= 0.6 is 11.6 Å². The van der Waals surface area contributed by atoms with Crippen molar-refractivity contribution in [2.24, 2.45) is 11.1 Å². The molecular formula is C20H22ClFN2O3. The fourth-order valence-corrected chi connectivity index (χ4v) is 4.00. The van der Waals surface area contributed by atoms with Gasteiger partial charge in [-0.1, -0.05) is 35.7 Å². The van der Waals surface area contributed by atoms with Crippen LogP contribution in [-0.2, 0) is 9.63 Å². The van der Waals surface area contributed by atoms with Crippen LogP contribution in [0.25, 0.3) is 0 Å². The summed E-state index contributed by atoms with van der Waals surface area (Å²) in [6, 6.07) is 4.06. The van der Waals surface area contributed by atoms with Crippen LogP contribution in [0.15, 0.2) is 35.0 Å². The summed E-state index contributed by atoms with van der Waals surface area (Å²) < 4.78 is 18.6.